The van der Waals surface area contributed by atoms with Gasteiger partial charge in [0.25, 0.3) is 5.91 Å². The second kappa shape index (κ2) is 6.36. The molecule has 0 fully saturated rings. The van der Waals surface area contributed by atoms with E-state index >= 15 is 0 Å². The van der Waals surface area contributed by atoms with Gasteiger partial charge in [0.15, 0.2) is 0 Å². The van der Waals surface area contributed by atoms with Crippen LogP contribution in [0.15, 0.2) is 36.9 Å². The predicted molar refractivity (Wildman–Crippen MR) is 88.3 cm³/mol. The highest BCUT2D eigenvalue weighted by Gasteiger charge is 2.17. The summed E-state index contributed by atoms with van der Waals surface area (Å²) in [6.45, 7) is 0. The summed E-state index contributed by atoms with van der Waals surface area (Å²) in [6, 6.07) is 3.26. The Labute approximate surface area is 141 Å². The number of aromatic nitrogens is 3. The number of benzene rings is 1. The Kier molecular flexibility index (Phi) is 4.27. The van der Waals surface area contributed by atoms with Gasteiger partial charge in [-0.3, -0.25) is 14.8 Å². The maximum atomic E-state index is 12.6. The molecule has 0 atom stereocenters. The second-order valence-electron chi connectivity index (χ2n) is 4.50. The molecule has 2 heterocycles. The lowest BCUT2D eigenvalue weighted by Crippen LogP contribution is -2.14. The number of anilines is 1. The molecule has 6 nitrogen and oxygen atoms in total. The Hall–Kier alpha value is -2.44. The number of carbonyl (C=O) groups is 1. The highest BCUT2D eigenvalue weighted by molar-refractivity contribution is 6.39. The number of carbonyl (C=O) groups excluding carboxylic acids is 1. The van der Waals surface area contributed by atoms with Gasteiger partial charge in [0.05, 0.1) is 28.4 Å². The Balaban J connectivity index is 2.05. The molecule has 0 saturated carbocycles. The van der Waals surface area contributed by atoms with Crippen molar-refractivity contribution in [1.29, 1.82) is 0 Å². The fourth-order valence-electron chi connectivity index (χ4n) is 2.09. The van der Waals surface area contributed by atoms with Crippen molar-refractivity contribution < 1.29 is 9.53 Å². The van der Waals surface area contributed by atoms with Crippen LogP contribution < -0.4 is 10.1 Å². The minimum Gasteiger partial charge on any atom is -0.494 e. The van der Waals surface area contributed by atoms with Crippen molar-refractivity contribution in [3.05, 3.63) is 52.5 Å². The summed E-state index contributed by atoms with van der Waals surface area (Å²) in [5, 5.41) is 3.16. The molecule has 3 aromatic rings. The topological polar surface area (TPSA) is 77.0 Å². The first kappa shape index (κ1) is 15.5. The molecule has 0 radical (unpaired) electrons. The first-order chi connectivity index (χ1) is 11.1. The number of rotatable bonds is 3. The summed E-state index contributed by atoms with van der Waals surface area (Å²) in [4.78, 5) is 24.8. The highest BCUT2D eigenvalue weighted by Crippen LogP contribution is 2.30. The number of nitrogens with one attached hydrogen (secondary N) is 1. The number of pyridine rings is 1. The SMILES string of the molecule is COc1ccc(C(=O)Nc2c(Cl)cncc2Cl)c2nccnc12. The third-order valence-corrected chi connectivity index (χ3v) is 3.72. The molecule has 2 aromatic heterocycles. The van der Waals surface area contributed by atoms with E-state index < -0.39 is 5.91 Å². The van der Waals surface area contributed by atoms with Crippen LogP contribution in [0, 0.1) is 0 Å². The Morgan fingerprint density at radius 2 is 1.74 bits per heavy atom. The van der Waals surface area contributed by atoms with E-state index in [9.17, 15) is 4.79 Å². The summed E-state index contributed by atoms with van der Waals surface area (Å²) in [6.07, 6.45) is 5.83. The van der Waals surface area contributed by atoms with E-state index in [1.165, 1.54) is 31.9 Å². The van der Waals surface area contributed by atoms with E-state index in [1.807, 2.05) is 0 Å². The Bertz CT molecular complexity index is 882. The van der Waals surface area contributed by atoms with Gasteiger partial charge in [-0.2, -0.15) is 0 Å². The molecule has 0 bridgehead atoms. The molecule has 0 aliphatic heterocycles. The van der Waals surface area contributed by atoms with Crippen LogP contribution in [0.4, 0.5) is 5.69 Å². The smallest absolute Gasteiger partial charge is 0.258 e. The summed E-state index contributed by atoms with van der Waals surface area (Å²) in [5.74, 6) is 0.123. The minimum atomic E-state index is -0.409. The Morgan fingerprint density at radius 3 is 2.39 bits per heavy atom. The summed E-state index contributed by atoms with van der Waals surface area (Å²) in [7, 11) is 1.53. The van der Waals surface area contributed by atoms with Crippen molar-refractivity contribution in [2.45, 2.75) is 0 Å². The number of fused-ring (bicyclic) bond motifs is 1. The van der Waals surface area contributed by atoms with Crippen LogP contribution in [0.2, 0.25) is 10.0 Å². The summed E-state index contributed by atoms with van der Waals surface area (Å²) < 4.78 is 5.23. The molecule has 0 aliphatic rings. The van der Waals surface area contributed by atoms with Crippen molar-refractivity contribution in [3.63, 3.8) is 0 Å². The number of methoxy groups -OCH3 is 1. The van der Waals surface area contributed by atoms with E-state index in [1.54, 1.807) is 12.1 Å². The van der Waals surface area contributed by atoms with Gasteiger partial charge < -0.3 is 10.1 Å². The van der Waals surface area contributed by atoms with E-state index in [-0.39, 0.29) is 10.0 Å². The lowest BCUT2D eigenvalue weighted by Gasteiger charge is -2.11. The maximum absolute atomic E-state index is 12.6. The molecule has 0 spiro atoms. The lowest BCUT2D eigenvalue weighted by atomic mass is 10.1. The number of hydrogen-bond donors (Lipinski definition) is 1. The van der Waals surface area contributed by atoms with Crippen molar-refractivity contribution in [1.82, 2.24) is 15.0 Å². The average Bonchev–Trinajstić information content (AvgIpc) is 2.57. The first-order valence-electron chi connectivity index (χ1n) is 6.50. The summed E-state index contributed by atoms with van der Waals surface area (Å²) in [5.41, 5.74) is 1.54. The number of halogens is 2. The monoisotopic (exact) mass is 348 g/mol. The van der Waals surface area contributed by atoms with Crippen molar-refractivity contribution in [3.8, 4) is 5.75 Å². The van der Waals surface area contributed by atoms with Crippen molar-refractivity contribution in [2.24, 2.45) is 0 Å². The third kappa shape index (κ3) is 2.91. The molecular formula is C15H10Cl2N4O2. The van der Waals surface area contributed by atoms with E-state index in [2.05, 4.69) is 20.3 Å². The number of ether oxygens (including phenoxy) is 1. The fourth-order valence-corrected chi connectivity index (χ4v) is 2.55. The normalized spacial score (nSPS) is 10.6. The highest BCUT2D eigenvalue weighted by atomic mass is 35.5. The van der Waals surface area contributed by atoms with Crippen LogP contribution in [0.3, 0.4) is 0 Å². The molecule has 23 heavy (non-hydrogen) atoms. The molecule has 3 rings (SSSR count). The fraction of sp³-hybridized carbons (Fsp3) is 0.0667. The van der Waals surface area contributed by atoms with Crippen LogP contribution in [0.5, 0.6) is 5.75 Å². The van der Waals surface area contributed by atoms with E-state index in [4.69, 9.17) is 27.9 Å². The average molecular weight is 349 g/mol. The largest absolute Gasteiger partial charge is 0.494 e. The molecule has 8 heteroatoms. The first-order valence-corrected chi connectivity index (χ1v) is 7.25. The quantitative estimate of drug-likeness (QED) is 0.782. The molecule has 0 unspecified atom stereocenters. The van der Waals surface area contributed by atoms with Crippen LogP contribution in [0.1, 0.15) is 10.4 Å². The van der Waals surface area contributed by atoms with Crippen LogP contribution in [-0.4, -0.2) is 28.0 Å². The van der Waals surface area contributed by atoms with Crippen molar-refractivity contribution in [2.75, 3.05) is 12.4 Å². The zero-order valence-electron chi connectivity index (χ0n) is 11.9. The van der Waals surface area contributed by atoms with Gasteiger partial charge in [0.1, 0.15) is 16.8 Å². The van der Waals surface area contributed by atoms with Gasteiger partial charge in [-0.25, -0.2) is 4.98 Å². The maximum Gasteiger partial charge on any atom is 0.258 e. The van der Waals surface area contributed by atoms with Gasteiger partial charge >= 0.3 is 0 Å². The van der Waals surface area contributed by atoms with E-state index in [0.717, 1.165) is 0 Å². The molecule has 1 aromatic carbocycles. The lowest BCUT2D eigenvalue weighted by molar-refractivity contribution is 0.102. The van der Waals surface area contributed by atoms with Crippen LogP contribution >= 0.6 is 23.2 Å². The van der Waals surface area contributed by atoms with Gasteiger partial charge in [-0.1, -0.05) is 23.2 Å². The van der Waals surface area contributed by atoms with Crippen LogP contribution in [-0.2, 0) is 0 Å². The second-order valence-corrected chi connectivity index (χ2v) is 5.32. The molecular weight excluding hydrogens is 339 g/mol. The predicted octanol–water partition coefficient (Wildman–Crippen LogP) is 3.59. The zero-order chi connectivity index (χ0) is 16.4. The molecule has 1 amide bonds. The summed E-state index contributed by atoms with van der Waals surface area (Å²) >= 11 is 12.0. The Morgan fingerprint density at radius 1 is 1.09 bits per heavy atom. The number of nitrogens with zero attached hydrogens (tertiary/aromatic N) is 3. The molecule has 0 saturated heterocycles. The minimum absolute atomic E-state index is 0.245. The van der Waals surface area contributed by atoms with Crippen molar-refractivity contribution >= 4 is 45.8 Å². The third-order valence-electron chi connectivity index (χ3n) is 3.14. The van der Waals surface area contributed by atoms with Gasteiger partial charge in [-0.05, 0) is 12.1 Å². The van der Waals surface area contributed by atoms with E-state index in [0.29, 0.717) is 28.0 Å². The molecule has 0 aliphatic carbocycles. The zero-order valence-corrected chi connectivity index (χ0v) is 13.4. The number of hydrogen-bond acceptors (Lipinski definition) is 5. The van der Waals surface area contributed by atoms with Gasteiger partial charge in [0, 0.05) is 24.8 Å². The molecule has 116 valence electrons. The standard InChI is InChI=1S/C15H10Cl2N4O2/c1-23-11-3-2-8(12-14(11)20-5-4-19-12)15(22)21-13-9(16)6-18-7-10(13)17/h2-7H,1H3,(H,18,21,22). The van der Waals surface area contributed by atoms with Crippen LogP contribution in [0.25, 0.3) is 11.0 Å². The van der Waals surface area contributed by atoms with Gasteiger partial charge in [-0.15, -0.1) is 0 Å². The number of amides is 1. The molecule has 1 N–H and O–H groups in total. The van der Waals surface area contributed by atoms with Gasteiger partial charge in [0.2, 0.25) is 0 Å².